The third kappa shape index (κ3) is 3.38. The van der Waals surface area contributed by atoms with Crippen LogP contribution in [0.15, 0.2) is 77.2 Å². The molecule has 0 aliphatic carbocycles. The van der Waals surface area contributed by atoms with Crippen LogP contribution in [0, 0.1) is 0 Å². The Kier molecular flexibility index (Phi) is 4.87. The average molecular weight is 390 g/mol. The quantitative estimate of drug-likeness (QED) is 0.408. The zero-order valence-electron chi connectivity index (χ0n) is 15.6. The van der Waals surface area contributed by atoms with Gasteiger partial charge in [0.15, 0.2) is 0 Å². The van der Waals surface area contributed by atoms with Gasteiger partial charge in [0, 0.05) is 18.0 Å². The van der Waals surface area contributed by atoms with Crippen molar-refractivity contribution in [1.29, 1.82) is 0 Å². The molecule has 3 heterocycles. The summed E-state index contributed by atoms with van der Waals surface area (Å²) in [6, 6.07) is 12.9. The number of benzene rings is 1. The number of Topliss-reactive ketones (excluding diaryl/α,β-unsaturated/α-hetero) is 1. The molecule has 7 heteroatoms. The lowest BCUT2D eigenvalue weighted by atomic mass is 9.95. The average Bonchev–Trinajstić information content (AvgIpc) is 3.36. The van der Waals surface area contributed by atoms with E-state index < -0.39 is 17.7 Å². The van der Waals surface area contributed by atoms with Crippen molar-refractivity contribution in [2.45, 2.75) is 12.6 Å². The van der Waals surface area contributed by atoms with Gasteiger partial charge in [-0.05, 0) is 42.0 Å². The lowest BCUT2D eigenvalue weighted by molar-refractivity contribution is -0.140. The summed E-state index contributed by atoms with van der Waals surface area (Å²) in [4.78, 5) is 31.1. The first-order chi connectivity index (χ1) is 14.1. The predicted molar refractivity (Wildman–Crippen MR) is 104 cm³/mol. The van der Waals surface area contributed by atoms with E-state index in [9.17, 15) is 14.7 Å². The van der Waals surface area contributed by atoms with Crippen LogP contribution in [0.1, 0.15) is 22.9 Å². The number of rotatable bonds is 5. The summed E-state index contributed by atoms with van der Waals surface area (Å²) in [7, 11) is 1.54. The van der Waals surface area contributed by atoms with Gasteiger partial charge in [-0.25, -0.2) is 0 Å². The van der Waals surface area contributed by atoms with Crippen LogP contribution in [0.3, 0.4) is 0 Å². The number of aliphatic hydroxyl groups excluding tert-OH is 1. The van der Waals surface area contributed by atoms with Gasteiger partial charge in [-0.2, -0.15) is 0 Å². The van der Waals surface area contributed by atoms with E-state index in [0.717, 1.165) is 0 Å². The smallest absolute Gasteiger partial charge is 0.296 e. The Balaban J connectivity index is 1.88. The van der Waals surface area contributed by atoms with Gasteiger partial charge in [0.25, 0.3) is 11.7 Å². The summed E-state index contributed by atoms with van der Waals surface area (Å²) in [5.41, 5.74) is 1.07. The first-order valence-electron chi connectivity index (χ1n) is 8.95. The Morgan fingerprint density at radius 1 is 1.17 bits per heavy atom. The maximum Gasteiger partial charge on any atom is 0.296 e. The molecule has 1 aliphatic rings. The molecular weight excluding hydrogens is 372 g/mol. The number of furan rings is 1. The van der Waals surface area contributed by atoms with E-state index in [-0.39, 0.29) is 17.9 Å². The van der Waals surface area contributed by atoms with E-state index in [1.807, 2.05) is 0 Å². The van der Waals surface area contributed by atoms with Gasteiger partial charge in [-0.1, -0.05) is 12.1 Å². The molecule has 1 fully saturated rings. The maximum atomic E-state index is 12.9. The summed E-state index contributed by atoms with van der Waals surface area (Å²) >= 11 is 0. The molecule has 2 aromatic heterocycles. The predicted octanol–water partition coefficient (Wildman–Crippen LogP) is 3.31. The zero-order chi connectivity index (χ0) is 20.4. The van der Waals surface area contributed by atoms with Gasteiger partial charge in [0.05, 0.1) is 31.5 Å². The molecule has 7 nitrogen and oxygen atoms in total. The van der Waals surface area contributed by atoms with Crippen LogP contribution < -0.4 is 4.74 Å². The van der Waals surface area contributed by atoms with Gasteiger partial charge in [-0.3, -0.25) is 14.6 Å². The minimum absolute atomic E-state index is 0.0148. The van der Waals surface area contributed by atoms with Crippen molar-refractivity contribution in [1.82, 2.24) is 9.88 Å². The Morgan fingerprint density at radius 2 is 1.97 bits per heavy atom. The van der Waals surface area contributed by atoms with Crippen molar-refractivity contribution < 1.29 is 23.8 Å². The van der Waals surface area contributed by atoms with Crippen molar-refractivity contribution in [3.8, 4) is 5.75 Å². The normalized spacial score (nSPS) is 18.2. The van der Waals surface area contributed by atoms with E-state index in [4.69, 9.17) is 9.15 Å². The number of carbonyl (C=O) groups excluding carboxylic acids is 2. The summed E-state index contributed by atoms with van der Waals surface area (Å²) < 4.78 is 10.7. The fraction of sp³-hybridized carbons (Fsp3) is 0.136. The number of carbonyl (C=O) groups is 2. The highest BCUT2D eigenvalue weighted by atomic mass is 16.5. The summed E-state index contributed by atoms with van der Waals surface area (Å²) in [6.45, 7) is 0.0899. The van der Waals surface area contributed by atoms with Crippen LogP contribution in [0.4, 0.5) is 0 Å². The minimum atomic E-state index is -0.789. The van der Waals surface area contributed by atoms with E-state index in [1.54, 1.807) is 48.5 Å². The minimum Gasteiger partial charge on any atom is -0.507 e. The molecule has 146 valence electrons. The summed E-state index contributed by atoms with van der Waals surface area (Å²) in [5.74, 6) is -0.595. The second-order valence-corrected chi connectivity index (χ2v) is 6.52. The lowest BCUT2D eigenvalue weighted by Crippen LogP contribution is -2.29. The lowest BCUT2D eigenvalue weighted by Gasteiger charge is -2.24. The van der Waals surface area contributed by atoms with Crippen molar-refractivity contribution in [3.05, 3.63) is 89.6 Å². The molecule has 0 saturated carbocycles. The molecule has 1 aromatic carbocycles. The van der Waals surface area contributed by atoms with Crippen LogP contribution >= 0.6 is 0 Å². The van der Waals surface area contributed by atoms with Crippen molar-refractivity contribution in [2.24, 2.45) is 0 Å². The van der Waals surface area contributed by atoms with Crippen molar-refractivity contribution >= 4 is 17.4 Å². The largest absolute Gasteiger partial charge is 0.507 e. The third-order valence-electron chi connectivity index (χ3n) is 4.81. The molecule has 1 atom stereocenters. The number of ether oxygens (including phenoxy) is 1. The molecule has 1 aliphatic heterocycles. The van der Waals surface area contributed by atoms with Gasteiger partial charge in [0.2, 0.25) is 0 Å². The number of likely N-dealkylation sites (tertiary alicyclic amines) is 1. The number of hydrogen-bond acceptors (Lipinski definition) is 6. The van der Waals surface area contributed by atoms with E-state index in [0.29, 0.717) is 22.6 Å². The molecule has 4 rings (SSSR count). The first kappa shape index (κ1) is 18.5. The molecule has 0 spiro atoms. The molecule has 29 heavy (non-hydrogen) atoms. The Morgan fingerprint density at radius 3 is 2.66 bits per heavy atom. The molecule has 1 N–H and O–H groups in total. The van der Waals surface area contributed by atoms with Crippen LogP contribution in [0.2, 0.25) is 0 Å². The third-order valence-corrected chi connectivity index (χ3v) is 4.81. The van der Waals surface area contributed by atoms with E-state index in [2.05, 4.69) is 4.98 Å². The zero-order valence-corrected chi connectivity index (χ0v) is 15.6. The van der Waals surface area contributed by atoms with Gasteiger partial charge in [-0.15, -0.1) is 0 Å². The standard InChI is InChI=1S/C22H18N2O5/c1-28-16-5-2-4-15(12-16)19-18(20(25)14-7-9-23-10-8-14)21(26)22(27)24(19)13-17-6-3-11-29-17/h2-12,19,25H,13H2,1H3/b20-18-. The molecule has 0 radical (unpaired) electrons. The summed E-state index contributed by atoms with van der Waals surface area (Å²) in [5, 5.41) is 10.9. The van der Waals surface area contributed by atoms with Gasteiger partial charge >= 0.3 is 0 Å². The Bertz CT molecular complexity index is 1070. The summed E-state index contributed by atoms with van der Waals surface area (Å²) in [6.07, 6.45) is 4.52. The molecular formula is C22H18N2O5. The van der Waals surface area contributed by atoms with Gasteiger partial charge < -0.3 is 19.2 Å². The highest BCUT2D eigenvalue weighted by Gasteiger charge is 2.46. The van der Waals surface area contributed by atoms with E-state index in [1.165, 1.54) is 30.7 Å². The number of aromatic nitrogens is 1. The number of hydrogen-bond donors (Lipinski definition) is 1. The number of ketones is 1. The fourth-order valence-electron chi connectivity index (χ4n) is 3.44. The van der Waals surface area contributed by atoms with Crippen molar-refractivity contribution in [3.63, 3.8) is 0 Å². The topological polar surface area (TPSA) is 92.9 Å². The van der Waals surface area contributed by atoms with E-state index >= 15 is 0 Å². The first-order valence-corrected chi connectivity index (χ1v) is 8.95. The van der Waals surface area contributed by atoms with Crippen molar-refractivity contribution in [2.75, 3.05) is 7.11 Å². The molecule has 1 saturated heterocycles. The molecule has 3 aromatic rings. The number of pyridine rings is 1. The van der Waals surface area contributed by atoms with Crippen LogP contribution in [0.5, 0.6) is 5.75 Å². The fourth-order valence-corrected chi connectivity index (χ4v) is 3.44. The number of amides is 1. The SMILES string of the molecule is COc1cccc(C2/C(=C(/O)c3ccncc3)C(=O)C(=O)N2Cc2ccco2)c1. The molecule has 0 bridgehead atoms. The van der Waals surface area contributed by atoms with Crippen LogP contribution in [0.25, 0.3) is 5.76 Å². The maximum absolute atomic E-state index is 12.9. The highest BCUT2D eigenvalue weighted by molar-refractivity contribution is 6.46. The molecule has 1 amide bonds. The second kappa shape index (κ2) is 7.63. The van der Waals surface area contributed by atoms with Crippen LogP contribution in [-0.4, -0.2) is 33.8 Å². The Labute approximate surface area is 166 Å². The van der Waals surface area contributed by atoms with Gasteiger partial charge in [0.1, 0.15) is 17.3 Å². The van der Waals surface area contributed by atoms with Crippen LogP contribution in [-0.2, 0) is 16.1 Å². The monoisotopic (exact) mass is 390 g/mol. The number of nitrogens with zero attached hydrogens (tertiary/aromatic N) is 2. The second-order valence-electron chi connectivity index (χ2n) is 6.52. The Hall–Kier alpha value is -3.87. The molecule has 1 unspecified atom stereocenters. The number of methoxy groups -OCH3 is 1. The highest BCUT2D eigenvalue weighted by Crippen LogP contribution is 2.41. The number of aliphatic hydroxyl groups is 1.